The highest BCUT2D eigenvalue weighted by atomic mass is 32.1. The number of nitrogens with one attached hydrogen (secondary N) is 1. The summed E-state index contributed by atoms with van der Waals surface area (Å²) in [5, 5.41) is 3.96. The molecule has 0 aromatic heterocycles. The van der Waals surface area contributed by atoms with Gasteiger partial charge in [-0.3, -0.25) is 5.43 Å². The van der Waals surface area contributed by atoms with Gasteiger partial charge >= 0.3 is 0 Å². The van der Waals surface area contributed by atoms with Gasteiger partial charge in [-0.25, -0.2) is 0 Å². The Morgan fingerprint density at radius 2 is 2.19 bits per heavy atom. The van der Waals surface area contributed by atoms with Gasteiger partial charge in [-0.1, -0.05) is 0 Å². The maximum absolute atomic E-state index is 5.23. The van der Waals surface area contributed by atoms with Gasteiger partial charge in [0.2, 0.25) is 0 Å². The third-order valence-corrected chi connectivity index (χ3v) is 1.91. The molecule has 0 saturated heterocycles. The van der Waals surface area contributed by atoms with Crippen LogP contribution >= 0.6 is 12.2 Å². The minimum Gasteiger partial charge on any atom is -0.497 e. The van der Waals surface area contributed by atoms with E-state index in [0.717, 1.165) is 11.3 Å². The van der Waals surface area contributed by atoms with E-state index in [1.165, 1.54) is 0 Å². The second-order valence-electron chi connectivity index (χ2n) is 2.84. The lowest BCUT2D eigenvalue weighted by molar-refractivity contribution is 0.402. The molecule has 0 heterocycles. The average Bonchev–Trinajstić information content (AvgIpc) is 2.28. The first kappa shape index (κ1) is 12.3. The summed E-state index contributed by atoms with van der Waals surface area (Å²) in [5.41, 5.74) is 8.47. The Morgan fingerprint density at radius 1 is 1.44 bits per heavy atom. The fourth-order valence-electron chi connectivity index (χ4n) is 1.11. The molecule has 86 valence electrons. The van der Waals surface area contributed by atoms with Crippen LogP contribution in [0.15, 0.2) is 23.3 Å². The van der Waals surface area contributed by atoms with Gasteiger partial charge in [0.05, 0.1) is 20.4 Å². The van der Waals surface area contributed by atoms with Crippen LogP contribution in [0.25, 0.3) is 0 Å². The van der Waals surface area contributed by atoms with Crippen molar-refractivity contribution in [2.75, 3.05) is 14.2 Å². The molecule has 5 nitrogen and oxygen atoms in total. The van der Waals surface area contributed by atoms with Crippen molar-refractivity contribution in [1.82, 2.24) is 5.43 Å². The molecule has 0 atom stereocenters. The van der Waals surface area contributed by atoms with E-state index in [4.69, 9.17) is 15.2 Å². The number of ether oxygens (including phenoxy) is 2. The average molecular weight is 239 g/mol. The highest BCUT2D eigenvalue weighted by Crippen LogP contribution is 2.22. The quantitative estimate of drug-likeness (QED) is 0.463. The molecule has 0 radical (unpaired) electrons. The SMILES string of the molecule is COc1ccc(OC)c(/C=N/NC(N)=S)c1. The number of nitrogens with zero attached hydrogens (tertiary/aromatic N) is 1. The van der Waals surface area contributed by atoms with Gasteiger partial charge in [-0.15, -0.1) is 0 Å². The molecule has 1 rings (SSSR count). The summed E-state index contributed by atoms with van der Waals surface area (Å²) in [6.45, 7) is 0. The molecule has 0 bridgehead atoms. The number of rotatable bonds is 4. The van der Waals surface area contributed by atoms with Crippen LogP contribution in [0.5, 0.6) is 11.5 Å². The van der Waals surface area contributed by atoms with E-state index in [1.807, 2.05) is 0 Å². The molecule has 0 aliphatic heterocycles. The molecule has 0 saturated carbocycles. The van der Waals surface area contributed by atoms with Crippen LogP contribution in [-0.2, 0) is 0 Å². The van der Waals surface area contributed by atoms with Gasteiger partial charge in [0, 0.05) is 5.56 Å². The topological polar surface area (TPSA) is 68.9 Å². The predicted octanol–water partition coefficient (Wildman–Crippen LogP) is 0.871. The maximum Gasteiger partial charge on any atom is 0.184 e. The van der Waals surface area contributed by atoms with Crippen molar-refractivity contribution >= 4 is 23.5 Å². The molecular formula is C10H13N3O2S. The van der Waals surface area contributed by atoms with E-state index < -0.39 is 0 Å². The fourth-order valence-corrected chi connectivity index (χ4v) is 1.16. The number of nitrogens with two attached hydrogens (primary N) is 1. The minimum atomic E-state index is 0.109. The van der Waals surface area contributed by atoms with E-state index in [1.54, 1.807) is 38.6 Å². The van der Waals surface area contributed by atoms with Crippen LogP contribution in [-0.4, -0.2) is 25.5 Å². The normalized spacial score (nSPS) is 10.1. The second kappa shape index (κ2) is 5.92. The first-order valence-electron chi connectivity index (χ1n) is 4.48. The lowest BCUT2D eigenvalue weighted by Crippen LogP contribution is -2.24. The zero-order chi connectivity index (χ0) is 12.0. The standard InChI is InChI=1S/C10H13N3O2S/c1-14-8-3-4-9(15-2)7(5-8)6-12-13-10(11)16/h3-6H,1-2H3,(H3,11,13,16)/b12-6+. The summed E-state index contributed by atoms with van der Waals surface area (Å²) in [7, 11) is 3.18. The number of thiocarbonyl (C=S) groups is 1. The Kier molecular flexibility index (Phi) is 4.53. The van der Waals surface area contributed by atoms with Crippen LogP contribution in [0, 0.1) is 0 Å². The van der Waals surface area contributed by atoms with Gasteiger partial charge in [-0.2, -0.15) is 5.10 Å². The Balaban J connectivity index is 2.90. The largest absolute Gasteiger partial charge is 0.497 e. The van der Waals surface area contributed by atoms with Gasteiger partial charge in [0.1, 0.15) is 11.5 Å². The molecule has 0 fully saturated rings. The van der Waals surface area contributed by atoms with Gasteiger partial charge < -0.3 is 15.2 Å². The monoisotopic (exact) mass is 239 g/mol. The molecule has 0 unspecified atom stereocenters. The summed E-state index contributed by atoms with van der Waals surface area (Å²) in [6.07, 6.45) is 1.56. The summed E-state index contributed by atoms with van der Waals surface area (Å²) in [5.74, 6) is 1.41. The highest BCUT2D eigenvalue weighted by molar-refractivity contribution is 7.80. The third-order valence-electron chi connectivity index (χ3n) is 1.82. The van der Waals surface area contributed by atoms with Crippen molar-refractivity contribution in [3.63, 3.8) is 0 Å². The number of hydrazone groups is 1. The lowest BCUT2D eigenvalue weighted by Gasteiger charge is -2.06. The Labute approximate surface area is 99.2 Å². The number of hydrogen-bond acceptors (Lipinski definition) is 4. The van der Waals surface area contributed by atoms with Crippen molar-refractivity contribution in [3.8, 4) is 11.5 Å². The second-order valence-corrected chi connectivity index (χ2v) is 3.28. The molecule has 6 heteroatoms. The number of hydrogen-bond donors (Lipinski definition) is 2. The lowest BCUT2D eigenvalue weighted by atomic mass is 10.2. The molecule has 1 aromatic carbocycles. The van der Waals surface area contributed by atoms with Crippen molar-refractivity contribution in [2.24, 2.45) is 10.8 Å². The van der Waals surface area contributed by atoms with Crippen LogP contribution < -0.4 is 20.6 Å². The van der Waals surface area contributed by atoms with Gasteiger partial charge in [0.25, 0.3) is 0 Å². The van der Waals surface area contributed by atoms with Crippen molar-refractivity contribution < 1.29 is 9.47 Å². The summed E-state index contributed by atoms with van der Waals surface area (Å²) < 4.78 is 10.3. The summed E-state index contributed by atoms with van der Waals surface area (Å²) >= 11 is 4.62. The third kappa shape index (κ3) is 3.39. The van der Waals surface area contributed by atoms with E-state index in [0.29, 0.717) is 5.75 Å². The van der Waals surface area contributed by atoms with Crippen molar-refractivity contribution in [1.29, 1.82) is 0 Å². The molecule has 3 N–H and O–H groups in total. The van der Waals surface area contributed by atoms with Crippen LogP contribution in [0.1, 0.15) is 5.56 Å². The molecule has 1 aromatic rings. The van der Waals surface area contributed by atoms with E-state index in [9.17, 15) is 0 Å². The molecule has 0 amide bonds. The zero-order valence-electron chi connectivity index (χ0n) is 9.06. The minimum absolute atomic E-state index is 0.109. The summed E-state index contributed by atoms with van der Waals surface area (Å²) in [6, 6.07) is 5.39. The highest BCUT2D eigenvalue weighted by Gasteiger charge is 2.02. The van der Waals surface area contributed by atoms with E-state index >= 15 is 0 Å². The van der Waals surface area contributed by atoms with Crippen molar-refractivity contribution in [2.45, 2.75) is 0 Å². The van der Waals surface area contributed by atoms with Crippen molar-refractivity contribution in [3.05, 3.63) is 23.8 Å². The Hall–Kier alpha value is -1.82. The van der Waals surface area contributed by atoms with E-state index in [2.05, 4.69) is 22.7 Å². The van der Waals surface area contributed by atoms with Gasteiger partial charge in [0.15, 0.2) is 5.11 Å². The fraction of sp³-hybridized carbons (Fsp3) is 0.200. The molecule has 16 heavy (non-hydrogen) atoms. The van der Waals surface area contributed by atoms with Gasteiger partial charge in [-0.05, 0) is 30.4 Å². The Bertz CT molecular complexity index is 407. The number of benzene rings is 1. The molecule has 0 aliphatic rings. The van der Waals surface area contributed by atoms with Crippen LogP contribution in [0.3, 0.4) is 0 Å². The first-order valence-corrected chi connectivity index (χ1v) is 4.88. The number of methoxy groups -OCH3 is 2. The van der Waals surface area contributed by atoms with E-state index in [-0.39, 0.29) is 5.11 Å². The van der Waals surface area contributed by atoms with Crippen LogP contribution in [0.2, 0.25) is 0 Å². The smallest absolute Gasteiger partial charge is 0.184 e. The van der Waals surface area contributed by atoms with Crippen LogP contribution in [0.4, 0.5) is 0 Å². The molecule has 0 aliphatic carbocycles. The zero-order valence-corrected chi connectivity index (χ0v) is 9.88. The molecular weight excluding hydrogens is 226 g/mol. The molecule has 0 spiro atoms. The predicted molar refractivity (Wildman–Crippen MR) is 67.1 cm³/mol. The Morgan fingerprint density at radius 3 is 2.75 bits per heavy atom. The summed E-state index contributed by atoms with van der Waals surface area (Å²) in [4.78, 5) is 0. The maximum atomic E-state index is 5.23. The first-order chi connectivity index (χ1) is 7.67.